The number of esters is 5. The van der Waals surface area contributed by atoms with Crippen molar-refractivity contribution in [2.45, 2.75) is 97.6 Å². The minimum Gasteiger partial charge on any atom is -0.458 e. The molecule has 0 heterocycles. The molecule has 0 saturated carbocycles. The predicted molar refractivity (Wildman–Crippen MR) is 187 cm³/mol. The Hall–Kier alpha value is -4.81. The van der Waals surface area contributed by atoms with Crippen molar-refractivity contribution in [3.63, 3.8) is 0 Å². The fraction of sp³-hybridized carbons (Fsp3) is 0.395. The minimum atomic E-state index is -3.10. The van der Waals surface area contributed by atoms with Crippen molar-refractivity contribution in [2.75, 3.05) is 0 Å². The van der Waals surface area contributed by atoms with Crippen LogP contribution < -0.4 is 10.4 Å². The van der Waals surface area contributed by atoms with Gasteiger partial charge in [-0.1, -0.05) is 112 Å². The molecule has 11 nitrogen and oxygen atoms in total. The van der Waals surface area contributed by atoms with Crippen LogP contribution in [0.3, 0.4) is 0 Å². The lowest BCUT2D eigenvalue weighted by molar-refractivity contribution is -0.185. The van der Waals surface area contributed by atoms with E-state index in [4.69, 9.17) is 28.1 Å². The minimum absolute atomic E-state index is 0.00451. The summed E-state index contributed by atoms with van der Waals surface area (Å²) in [6.45, 7) is 12.9. The van der Waals surface area contributed by atoms with Gasteiger partial charge in [0.15, 0.2) is 24.4 Å². The molecule has 0 N–H and O–H groups in total. The highest BCUT2D eigenvalue weighted by Crippen LogP contribution is 2.37. The van der Waals surface area contributed by atoms with Crippen LogP contribution >= 0.6 is 0 Å². The van der Waals surface area contributed by atoms with Crippen molar-refractivity contribution in [3.05, 3.63) is 96.6 Å². The van der Waals surface area contributed by atoms with Gasteiger partial charge in [-0.05, 0) is 55.6 Å². The molecule has 0 spiro atoms. The van der Waals surface area contributed by atoms with Crippen LogP contribution in [0.4, 0.5) is 0 Å². The molecule has 0 saturated heterocycles. The molecule has 0 aliphatic heterocycles. The smallest absolute Gasteiger partial charge is 0.347 e. The summed E-state index contributed by atoms with van der Waals surface area (Å²) in [6.07, 6.45) is -6.61. The molecule has 3 aromatic carbocycles. The topological polar surface area (TPSA) is 141 Å². The highest BCUT2D eigenvalue weighted by molar-refractivity contribution is 6.99. The fourth-order valence-corrected chi connectivity index (χ4v) is 9.76. The van der Waals surface area contributed by atoms with E-state index in [0.29, 0.717) is 0 Å². The van der Waals surface area contributed by atoms with Gasteiger partial charge in [-0.25, -0.2) is 24.0 Å². The SMILES string of the molecule is C[C@H](OC(=O)[C@H](C)OC(=O)[C@H](C)OC(=O)[C@H](C)OC(=O)[C@H](C)O[Si](c1ccccc1)(c1ccccc1)C(C)(C)C)C(=O)OCc1ccccc1. The maximum absolute atomic E-state index is 13.3. The second-order valence-corrected chi connectivity index (χ2v) is 17.1. The van der Waals surface area contributed by atoms with E-state index in [-0.39, 0.29) is 6.61 Å². The van der Waals surface area contributed by atoms with Gasteiger partial charge in [0.05, 0.1) is 0 Å². The van der Waals surface area contributed by atoms with Crippen molar-refractivity contribution in [1.29, 1.82) is 0 Å². The van der Waals surface area contributed by atoms with E-state index in [2.05, 4.69) is 20.8 Å². The van der Waals surface area contributed by atoms with Crippen LogP contribution in [0.25, 0.3) is 0 Å². The second-order valence-electron chi connectivity index (χ2n) is 12.8. The Kier molecular flexibility index (Phi) is 14.0. The van der Waals surface area contributed by atoms with E-state index in [1.54, 1.807) is 31.2 Å². The number of benzene rings is 3. The van der Waals surface area contributed by atoms with Crippen molar-refractivity contribution >= 4 is 48.5 Å². The van der Waals surface area contributed by atoms with Gasteiger partial charge in [0.25, 0.3) is 8.32 Å². The van der Waals surface area contributed by atoms with Gasteiger partial charge in [0.1, 0.15) is 12.7 Å². The van der Waals surface area contributed by atoms with Crippen LogP contribution in [0.1, 0.15) is 61.0 Å². The van der Waals surface area contributed by atoms with Gasteiger partial charge in [-0.2, -0.15) is 0 Å². The summed E-state index contributed by atoms with van der Waals surface area (Å²) in [5.41, 5.74) is 0.757. The lowest BCUT2D eigenvalue weighted by Gasteiger charge is -2.44. The van der Waals surface area contributed by atoms with E-state index < -0.39 is 73.7 Å². The molecule has 50 heavy (non-hydrogen) atoms. The third-order valence-electron chi connectivity index (χ3n) is 7.83. The summed E-state index contributed by atoms with van der Waals surface area (Å²) in [5, 5.41) is 1.53. The first kappa shape index (κ1) is 39.6. The standard InChI is InChI=1S/C38H46O11Si/c1-25(33(39)44-24-30-18-12-9-13-19-30)45-34(40)26(2)46-35(41)27(3)47-36(42)28(4)48-37(43)29(5)49-50(38(6,7)8,31-20-14-10-15-21-31)32-22-16-11-17-23-32/h9-23,25-29H,24H2,1-8H3/t25-,26-,27-,28-,29-/m0/s1. The van der Waals surface area contributed by atoms with Gasteiger partial charge in [0.2, 0.25) is 0 Å². The van der Waals surface area contributed by atoms with Crippen LogP contribution in [-0.2, 0) is 58.7 Å². The molecular formula is C38H46O11Si. The van der Waals surface area contributed by atoms with Crippen molar-refractivity contribution in [3.8, 4) is 0 Å². The van der Waals surface area contributed by atoms with Crippen LogP contribution in [0.15, 0.2) is 91.0 Å². The van der Waals surface area contributed by atoms with Crippen LogP contribution in [0.2, 0.25) is 5.04 Å². The number of carbonyl (C=O) groups is 5. The van der Waals surface area contributed by atoms with Gasteiger partial charge in [0, 0.05) is 0 Å². The maximum Gasteiger partial charge on any atom is 0.347 e. The molecule has 0 bridgehead atoms. The molecule has 0 amide bonds. The molecule has 0 aromatic heterocycles. The Morgan fingerprint density at radius 2 is 0.820 bits per heavy atom. The average Bonchev–Trinajstić information content (AvgIpc) is 3.09. The Labute approximate surface area is 294 Å². The van der Waals surface area contributed by atoms with E-state index in [1.807, 2.05) is 66.7 Å². The first-order chi connectivity index (χ1) is 23.6. The van der Waals surface area contributed by atoms with E-state index in [0.717, 1.165) is 15.9 Å². The first-order valence-corrected chi connectivity index (χ1v) is 18.3. The summed E-state index contributed by atoms with van der Waals surface area (Å²) in [5.74, 6) is -4.63. The zero-order valence-corrected chi connectivity index (χ0v) is 30.7. The van der Waals surface area contributed by atoms with Crippen molar-refractivity contribution < 1.29 is 52.1 Å². The van der Waals surface area contributed by atoms with Gasteiger partial charge < -0.3 is 28.1 Å². The normalized spacial score (nSPS) is 14.6. The van der Waals surface area contributed by atoms with E-state index in [9.17, 15) is 24.0 Å². The Morgan fingerprint density at radius 3 is 1.18 bits per heavy atom. The zero-order chi connectivity index (χ0) is 37.1. The molecule has 268 valence electrons. The second kappa shape index (κ2) is 17.7. The summed E-state index contributed by atoms with van der Waals surface area (Å²) in [7, 11) is -3.10. The molecule has 3 rings (SSSR count). The predicted octanol–water partition coefficient (Wildman–Crippen LogP) is 4.42. The molecule has 0 radical (unpaired) electrons. The zero-order valence-electron chi connectivity index (χ0n) is 29.7. The highest BCUT2D eigenvalue weighted by atomic mass is 28.4. The maximum atomic E-state index is 13.3. The monoisotopic (exact) mass is 706 g/mol. The Balaban J connectivity index is 1.55. The molecular weight excluding hydrogens is 660 g/mol. The largest absolute Gasteiger partial charge is 0.458 e. The summed E-state index contributed by atoms with van der Waals surface area (Å²) < 4.78 is 32.7. The van der Waals surface area contributed by atoms with Crippen LogP contribution in [0, 0.1) is 0 Å². The fourth-order valence-electron chi connectivity index (χ4n) is 5.12. The number of ether oxygens (including phenoxy) is 5. The quantitative estimate of drug-likeness (QED) is 0.126. The van der Waals surface area contributed by atoms with E-state index in [1.165, 1.54) is 27.7 Å². The van der Waals surface area contributed by atoms with Crippen molar-refractivity contribution in [2.24, 2.45) is 0 Å². The molecule has 5 atom stereocenters. The average molecular weight is 707 g/mol. The number of carbonyl (C=O) groups excluding carboxylic acids is 5. The number of rotatable bonds is 15. The molecule has 0 aliphatic carbocycles. The number of hydrogen-bond donors (Lipinski definition) is 0. The summed E-state index contributed by atoms with van der Waals surface area (Å²) in [4.78, 5) is 63.5. The molecule has 0 fully saturated rings. The first-order valence-electron chi connectivity index (χ1n) is 16.4. The van der Waals surface area contributed by atoms with Crippen LogP contribution in [0.5, 0.6) is 0 Å². The van der Waals surface area contributed by atoms with Gasteiger partial charge in [-0.3, -0.25) is 0 Å². The molecule has 0 unspecified atom stereocenters. The van der Waals surface area contributed by atoms with Crippen LogP contribution in [-0.4, -0.2) is 68.7 Å². The van der Waals surface area contributed by atoms with Crippen molar-refractivity contribution in [1.82, 2.24) is 0 Å². The third-order valence-corrected chi connectivity index (χ3v) is 12.9. The van der Waals surface area contributed by atoms with E-state index >= 15 is 0 Å². The molecule has 12 heteroatoms. The Bertz CT molecular complexity index is 1550. The summed E-state index contributed by atoms with van der Waals surface area (Å²) in [6, 6.07) is 28.5. The highest BCUT2D eigenvalue weighted by Gasteiger charge is 2.52. The molecule has 0 aliphatic rings. The third kappa shape index (κ3) is 10.3. The summed E-state index contributed by atoms with van der Waals surface area (Å²) >= 11 is 0. The van der Waals surface area contributed by atoms with Gasteiger partial charge >= 0.3 is 29.8 Å². The molecule has 3 aromatic rings. The van der Waals surface area contributed by atoms with Gasteiger partial charge in [-0.15, -0.1) is 0 Å². The lowest BCUT2D eigenvalue weighted by Crippen LogP contribution is -2.68. The lowest BCUT2D eigenvalue weighted by atomic mass is 10.2. The Morgan fingerprint density at radius 1 is 0.500 bits per heavy atom. The number of hydrogen-bond acceptors (Lipinski definition) is 11.